The molecule has 0 nitrogen and oxygen atoms in total. The van der Waals surface area contributed by atoms with Gasteiger partial charge in [0.05, 0.1) is 4.91 Å². The monoisotopic (exact) mass is 198 g/mol. The molecule has 0 saturated carbocycles. The predicted octanol–water partition coefficient (Wildman–Crippen LogP) is 3.94. The Morgan fingerprint density at radius 2 is 1.79 bits per heavy atom. The third-order valence-corrected chi connectivity index (χ3v) is 2.74. The van der Waals surface area contributed by atoms with Crippen molar-refractivity contribution in [3.63, 3.8) is 0 Å². The van der Waals surface area contributed by atoms with Gasteiger partial charge in [0, 0.05) is 4.90 Å². The summed E-state index contributed by atoms with van der Waals surface area (Å²) in [6.45, 7) is 0. The average Bonchev–Trinajstić information content (AvgIpc) is 2.48. The van der Waals surface area contributed by atoms with Crippen LogP contribution < -0.4 is 0 Å². The van der Waals surface area contributed by atoms with E-state index in [2.05, 4.69) is 23.9 Å². The standard InChI is InChI=1S/C13H10S/c1-2-5-9-12(8-4-1)14-13-10-6-3-7-11-13/h1-8,10-11H. The molecule has 0 fully saturated rings. The number of hydrogen-bond donors (Lipinski definition) is 0. The maximum atomic E-state index is 3.21. The van der Waals surface area contributed by atoms with Crippen molar-refractivity contribution in [3.8, 4) is 0 Å². The fourth-order valence-corrected chi connectivity index (χ4v) is 1.94. The molecule has 1 aliphatic carbocycles. The molecular weight excluding hydrogens is 188 g/mol. The maximum absolute atomic E-state index is 3.21. The highest BCUT2D eigenvalue weighted by molar-refractivity contribution is 8.03. The third kappa shape index (κ3) is 2.53. The Hall–Kier alpha value is -1.43. The van der Waals surface area contributed by atoms with E-state index in [1.165, 1.54) is 4.90 Å². The second-order valence-corrected chi connectivity index (χ2v) is 3.95. The first-order chi connectivity index (χ1) is 6.95. The van der Waals surface area contributed by atoms with Gasteiger partial charge in [0.25, 0.3) is 0 Å². The van der Waals surface area contributed by atoms with Gasteiger partial charge in [-0.3, -0.25) is 0 Å². The number of allylic oxidation sites excluding steroid dienone is 4. The molecule has 0 unspecified atom stereocenters. The molecular formula is C13H10S. The minimum Gasteiger partial charge on any atom is -0.106 e. The zero-order chi connectivity index (χ0) is 9.64. The van der Waals surface area contributed by atoms with Crippen molar-refractivity contribution in [2.75, 3.05) is 0 Å². The molecule has 14 heavy (non-hydrogen) atoms. The van der Waals surface area contributed by atoms with Crippen molar-refractivity contribution in [2.45, 2.75) is 4.90 Å². The molecule has 2 rings (SSSR count). The van der Waals surface area contributed by atoms with Gasteiger partial charge in [0.1, 0.15) is 0 Å². The molecule has 0 saturated heterocycles. The lowest BCUT2D eigenvalue weighted by Crippen LogP contribution is -1.70. The molecule has 68 valence electrons. The molecule has 0 atom stereocenters. The number of thioether (sulfide) groups is 1. The lowest BCUT2D eigenvalue weighted by molar-refractivity contribution is 1.47. The van der Waals surface area contributed by atoms with E-state index in [0.29, 0.717) is 0 Å². The fourth-order valence-electron chi connectivity index (χ4n) is 1.12. The Morgan fingerprint density at radius 1 is 0.929 bits per heavy atom. The van der Waals surface area contributed by atoms with Gasteiger partial charge in [-0.25, -0.2) is 0 Å². The van der Waals surface area contributed by atoms with E-state index in [0.717, 1.165) is 4.91 Å². The summed E-state index contributed by atoms with van der Waals surface area (Å²) in [5, 5.41) is 0. The molecule has 0 bridgehead atoms. The number of hydrogen-bond acceptors (Lipinski definition) is 1. The SMILES string of the molecule is C1=CC=CC=CC=1Sc1ccccc1. The molecule has 0 heterocycles. The van der Waals surface area contributed by atoms with Crippen LogP contribution in [0.2, 0.25) is 0 Å². The zero-order valence-corrected chi connectivity index (χ0v) is 8.50. The average molecular weight is 198 g/mol. The largest absolute Gasteiger partial charge is 0.106 e. The molecule has 0 spiro atoms. The first kappa shape index (κ1) is 9.14. The van der Waals surface area contributed by atoms with E-state index in [1.54, 1.807) is 11.8 Å². The summed E-state index contributed by atoms with van der Waals surface area (Å²) in [7, 11) is 0. The lowest BCUT2D eigenvalue weighted by atomic mass is 10.4. The Kier molecular flexibility index (Phi) is 3.07. The van der Waals surface area contributed by atoms with Gasteiger partial charge < -0.3 is 0 Å². The number of benzene rings is 1. The van der Waals surface area contributed by atoms with E-state index >= 15 is 0 Å². The van der Waals surface area contributed by atoms with Gasteiger partial charge in [0.2, 0.25) is 0 Å². The van der Waals surface area contributed by atoms with Gasteiger partial charge in [-0.15, -0.1) is 5.73 Å². The van der Waals surface area contributed by atoms with Crippen LogP contribution in [0.5, 0.6) is 0 Å². The fraction of sp³-hybridized carbons (Fsp3) is 0. The maximum Gasteiger partial charge on any atom is 0.0540 e. The molecule has 1 aliphatic rings. The van der Waals surface area contributed by atoms with Gasteiger partial charge in [-0.05, 0) is 24.3 Å². The minimum absolute atomic E-state index is 1.14. The highest BCUT2D eigenvalue weighted by atomic mass is 32.2. The van der Waals surface area contributed by atoms with E-state index in [4.69, 9.17) is 0 Å². The Labute approximate surface area is 88.3 Å². The van der Waals surface area contributed by atoms with E-state index < -0.39 is 0 Å². The highest BCUT2D eigenvalue weighted by Gasteiger charge is 1.95. The summed E-state index contributed by atoms with van der Waals surface area (Å²) in [4.78, 5) is 2.39. The van der Waals surface area contributed by atoms with Crippen LogP contribution in [0, 0.1) is 0 Å². The van der Waals surface area contributed by atoms with Crippen molar-refractivity contribution < 1.29 is 0 Å². The van der Waals surface area contributed by atoms with Gasteiger partial charge in [-0.2, -0.15) is 0 Å². The van der Waals surface area contributed by atoms with E-state index in [1.807, 2.05) is 42.5 Å². The lowest BCUT2D eigenvalue weighted by Gasteiger charge is -1.98. The van der Waals surface area contributed by atoms with Crippen molar-refractivity contribution in [2.24, 2.45) is 0 Å². The summed E-state index contributed by atoms with van der Waals surface area (Å²) < 4.78 is 0. The summed E-state index contributed by atoms with van der Waals surface area (Å²) in [6.07, 6.45) is 10.0. The number of rotatable bonds is 2. The van der Waals surface area contributed by atoms with Crippen molar-refractivity contribution in [1.82, 2.24) is 0 Å². The van der Waals surface area contributed by atoms with Crippen molar-refractivity contribution in [3.05, 3.63) is 71.3 Å². The van der Waals surface area contributed by atoms with Crippen molar-refractivity contribution >= 4 is 11.8 Å². The highest BCUT2D eigenvalue weighted by Crippen LogP contribution is 2.26. The summed E-state index contributed by atoms with van der Waals surface area (Å²) >= 11 is 1.73. The topological polar surface area (TPSA) is 0 Å². The van der Waals surface area contributed by atoms with Crippen LogP contribution in [-0.4, -0.2) is 0 Å². The zero-order valence-electron chi connectivity index (χ0n) is 7.68. The van der Waals surface area contributed by atoms with Crippen LogP contribution in [0.15, 0.2) is 76.2 Å². The molecule has 1 heteroatoms. The quantitative estimate of drug-likeness (QED) is 0.648. The molecule has 0 aliphatic heterocycles. The van der Waals surface area contributed by atoms with Crippen LogP contribution in [0.3, 0.4) is 0 Å². The van der Waals surface area contributed by atoms with Gasteiger partial charge >= 0.3 is 0 Å². The molecule has 0 aromatic heterocycles. The normalized spacial score (nSPS) is 13.9. The predicted molar refractivity (Wildman–Crippen MR) is 62.2 cm³/mol. The van der Waals surface area contributed by atoms with Crippen LogP contribution in [-0.2, 0) is 0 Å². The first-order valence-corrected chi connectivity index (χ1v) is 5.30. The molecule has 0 radical (unpaired) electrons. The Bertz CT molecular complexity index is 418. The van der Waals surface area contributed by atoms with E-state index in [9.17, 15) is 0 Å². The van der Waals surface area contributed by atoms with Crippen LogP contribution in [0.1, 0.15) is 0 Å². The second-order valence-electron chi connectivity index (χ2n) is 2.83. The molecule has 1 aromatic carbocycles. The molecule has 0 amide bonds. The van der Waals surface area contributed by atoms with Crippen molar-refractivity contribution in [1.29, 1.82) is 0 Å². The second kappa shape index (κ2) is 4.71. The van der Waals surface area contributed by atoms with Crippen LogP contribution in [0.25, 0.3) is 0 Å². The summed E-state index contributed by atoms with van der Waals surface area (Å²) in [5.41, 5.74) is 3.21. The summed E-state index contributed by atoms with van der Waals surface area (Å²) in [5.74, 6) is 0. The Morgan fingerprint density at radius 3 is 2.64 bits per heavy atom. The molecule has 0 N–H and O–H groups in total. The van der Waals surface area contributed by atoms with E-state index in [-0.39, 0.29) is 0 Å². The molecule has 1 aromatic rings. The van der Waals surface area contributed by atoms with Gasteiger partial charge in [0.15, 0.2) is 0 Å². The van der Waals surface area contributed by atoms with Gasteiger partial charge in [-0.1, -0.05) is 48.2 Å². The first-order valence-electron chi connectivity index (χ1n) is 4.48. The summed E-state index contributed by atoms with van der Waals surface area (Å²) in [6, 6.07) is 10.3. The smallest absolute Gasteiger partial charge is 0.0540 e. The Balaban J connectivity index is 2.16. The van der Waals surface area contributed by atoms with Crippen LogP contribution >= 0.6 is 11.8 Å². The van der Waals surface area contributed by atoms with Crippen LogP contribution in [0.4, 0.5) is 0 Å². The third-order valence-electron chi connectivity index (χ3n) is 1.76. The minimum atomic E-state index is 1.14.